The van der Waals surface area contributed by atoms with Gasteiger partial charge in [0.2, 0.25) is 0 Å². The van der Waals surface area contributed by atoms with Gasteiger partial charge in [-0.3, -0.25) is 9.59 Å². The first kappa shape index (κ1) is 33.2. The average Bonchev–Trinajstić information content (AvgIpc) is 2.98. The predicted octanol–water partition coefficient (Wildman–Crippen LogP) is 8.11. The molecule has 222 valence electrons. The highest BCUT2D eigenvalue weighted by atomic mass is 16.5. The summed E-state index contributed by atoms with van der Waals surface area (Å²) < 4.78 is 11.5. The molecule has 0 bridgehead atoms. The smallest absolute Gasteiger partial charge is 0.251 e. The van der Waals surface area contributed by atoms with Gasteiger partial charge in [-0.1, -0.05) is 78.1 Å². The molecule has 0 aliphatic carbocycles. The van der Waals surface area contributed by atoms with E-state index in [0.717, 1.165) is 63.2 Å². The van der Waals surface area contributed by atoms with Crippen molar-refractivity contribution in [1.82, 2.24) is 10.6 Å². The molecule has 6 heteroatoms. The van der Waals surface area contributed by atoms with Crippen LogP contribution in [0.3, 0.4) is 0 Å². The van der Waals surface area contributed by atoms with Crippen LogP contribution < -0.4 is 20.1 Å². The van der Waals surface area contributed by atoms with Crippen molar-refractivity contribution in [3.05, 3.63) is 59.7 Å². The number of amides is 2. The van der Waals surface area contributed by atoms with Crippen molar-refractivity contribution in [1.29, 1.82) is 0 Å². The molecular weight excluding hydrogens is 500 g/mol. The first-order valence-electron chi connectivity index (χ1n) is 15.7. The Morgan fingerprint density at radius 3 is 1.23 bits per heavy atom. The Kier molecular flexibility index (Phi) is 18.1. The van der Waals surface area contributed by atoms with Crippen LogP contribution in [0.15, 0.2) is 48.5 Å². The van der Waals surface area contributed by atoms with Crippen LogP contribution >= 0.6 is 0 Å². The number of carbonyl (C=O) groups is 2. The lowest BCUT2D eigenvalue weighted by molar-refractivity contribution is 0.0943. The topological polar surface area (TPSA) is 76.7 Å². The minimum absolute atomic E-state index is 0.0539. The van der Waals surface area contributed by atoms with Crippen LogP contribution in [0.1, 0.15) is 124 Å². The summed E-state index contributed by atoms with van der Waals surface area (Å²) in [5.41, 5.74) is 1.31. The third-order valence-corrected chi connectivity index (χ3v) is 6.94. The molecule has 0 saturated heterocycles. The van der Waals surface area contributed by atoms with E-state index in [0.29, 0.717) is 24.2 Å². The molecule has 0 radical (unpaired) electrons. The monoisotopic (exact) mass is 552 g/mol. The molecule has 0 spiro atoms. The third kappa shape index (κ3) is 14.9. The van der Waals surface area contributed by atoms with Gasteiger partial charge in [-0.05, 0) is 74.2 Å². The lowest BCUT2D eigenvalue weighted by atomic mass is 10.1. The maximum Gasteiger partial charge on any atom is 0.251 e. The minimum Gasteiger partial charge on any atom is -0.494 e. The summed E-state index contributed by atoms with van der Waals surface area (Å²) in [5, 5.41) is 5.98. The molecule has 6 nitrogen and oxygen atoms in total. The van der Waals surface area contributed by atoms with E-state index in [9.17, 15) is 9.59 Å². The summed E-state index contributed by atoms with van der Waals surface area (Å²) >= 11 is 0. The lowest BCUT2D eigenvalue weighted by Crippen LogP contribution is -2.25. The van der Waals surface area contributed by atoms with Gasteiger partial charge in [0.15, 0.2) is 0 Å². The zero-order valence-electron chi connectivity index (χ0n) is 25.0. The van der Waals surface area contributed by atoms with Gasteiger partial charge in [0.25, 0.3) is 11.8 Å². The minimum atomic E-state index is -0.0539. The SMILES string of the molecule is CCCCCCCOc1ccc(C(=O)NCCCCCCNC(=O)c2ccc(OCCCCCCC)cc2)cc1. The Morgan fingerprint density at radius 2 is 0.850 bits per heavy atom. The van der Waals surface area contributed by atoms with Crippen molar-refractivity contribution in [2.24, 2.45) is 0 Å². The number of hydrogen-bond donors (Lipinski definition) is 2. The number of benzene rings is 2. The largest absolute Gasteiger partial charge is 0.494 e. The summed E-state index contributed by atoms with van der Waals surface area (Å²) in [5.74, 6) is 1.52. The summed E-state index contributed by atoms with van der Waals surface area (Å²) in [6, 6.07) is 14.8. The zero-order valence-corrected chi connectivity index (χ0v) is 25.0. The van der Waals surface area contributed by atoms with Crippen molar-refractivity contribution in [2.45, 2.75) is 104 Å². The quantitative estimate of drug-likeness (QED) is 0.137. The number of ether oxygens (including phenoxy) is 2. The van der Waals surface area contributed by atoms with E-state index in [1.54, 1.807) is 0 Å². The second-order valence-electron chi connectivity index (χ2n) is 10.5. The molecule has 2 rings (SSSR count). The van der Waals surface area contributed by atoms with E-state index in [4.69, 9.17) is 9.47 Å². The van der Waals surface area contributed by atoms with Gasteiger partial charge < -0.3 is 20.1 Å². The van der Waals surface area contributed by atoms with E-state index < -0.39 is 0 Å². The number of hydrogen-bond acceptors (Lipinski definition) is 4. The third-order valence-electron chi connectivity index (χ3n) is 6.94. The van der Waals surface area contributed by atoms with Gasteiger partial charge in [0.05, 0.1) is 13.2 Å². The second-order valence-corrected chi connectivity index (χ2v) is 10.5. The Hall–Kier alpha value is -3.02. The second kappa shape index (κ2) is 21.8. The summed E-state index contributed by atoms with van der Waals surface area (Å²) in [6.45, 7) is 7.17. The Morgan fingerprint density at radius 1 is 0.500 bits per heavy atom. The van der Waals surface area contributed by atoms with Gasteiger partial charge in [-0.15, -0.1) is 0 Å². The lowest BCUT2D eigenvalue weighted by Gasteiger charge is -2.09. The molecule has 2 amide bonds. The Balaban J connectivity index is 1.48. The summed E-state index contributed by atoms with van der Waals surface area (Å²) in [7, 11) is 0. The van der Waals surface area contributed by atoms with Gasteiger partial charge in [-0.25, -0.2) is 0 Å². The fourth-order valence-corrected chi connectivity index (χ4v) is 4.41. The Bertz CT molecular complexity index is 850. The van der Waals surface area contributed by atoms with E-state index in [-0.39, 0.29) is 11.8 Å². The molecule has 2 N–H and O–H groups in total. The van der Waals surface area contributed by atoms with Crippen molar-refractivity contribution in [3.8, 4) is 11.5 Å². The molecule has 0 unspecified atom stereocenters. The van der Waals surface area contributed by atoms with Gasteiger partial charge in [0, 0.05) is 24.2 Å². The highest BCUT2D eigenvalue weighted by Crippen LogP contribution is 2.15. The van der Waals surface area contributed by atoms with Gasteiger partial charge >= 0.3 is 0 Å². The van der Waals surface area contributed by atoms with E-state index in [2.05, 4.69) is 24.5 Å². The molecule has 2 aromatic rings. The van der Waals surface area contributed by atoms with Crippen LogP contribution in [-0.2, 0) is 0 Å². The fourth-order valence-electron chi connectivity index (χ4n) is 4.41. The molecule has 40 heavy (non-hydrogen) atoms. The van der Waals surface area contributed by atoms with E-state index in [1.165, 1.54) is 51.4 Å². The molecule has 0 fully saturated rings. The highest BCUT2D eigenvalue weighted by Gasteiger charge is 2.07. The van der Waals surface area contributed by atoms with Crippen molar-refractivity contribution < 1.29 is 19.1 Å². The number of nitrogens with one attached hydrogen (secondary N) is 2. The molecule has 0 heterocycles. The molecule has 0 saturated carbocycles. The first-order chi connectivity index (χ1) is 19.6. The van der Waals surface area contributed by atoms with Gasteiger partial charge in [-0.2, -0.15) is 0 Å². The van der Waals surface area contributed by atoms with Crippen LogP contribution in [0.5, 0.6) is 11.5 Å². The van der Waals surface area contributed by atoms with E-state index in [1.807, 2.05) is 48.5 Å². The zero-order chi connectivity index (χ0) is 28.7. The fraction of sp³-hybridized carbons (Fsp3) is 0.588. The van der Waals surface area contributed by atoms with Gasteiger partial charge in [0.1, 0.15) is 11.5 Å². The molecule has 0 aliphatic rings. The average molecular weight is 553 g/mol. The molecule has 0 aromatic heterocycles. The Labute approximate surface area is 242 Å². The standard InChI is InChI=1S/C34H52N2O4/c1-3-5-7-11-15-27-39-31-21-17-29(18-22-31)33(37)35-25-13-9-10-14-26-36-34(38)30-19-23-32(24-20-30)40-28-16-12-8-6-4-2/h17-24H,3-16,25-28H2,1-2H3,(H,35,37)(H,36,38). The normalized spacial score (nSPS) is 10.8. The van der Waals surface area contributed by atoms with Crippen LogP contribution in [0.4, 0.5) is 0 Å². The molecule has 2 aromatic carbocycles. The van der Waals surface area contributed by atoms with Crippen LogP contribution in [-0.4, -0.2) is 38.1 Å². The predicted molar refractivity (Wildman–Crippen MR) is 165 cm³/mol. The summed E-state index contributed by atoms with van der Waals surface area (Å²) in [6.07, 6.45) is 16.0. The maximum atomic E-state index is 12.4. The number of unbranched alkanes of at least 4 members (excludes halogenated alkanes) is 11. The molecule has 0 atom stereocenters. The van der Waals surface area contributed by atoms with Crippen molar-refractivity contribution in [2.75, 3.05) is 26.3 Å². The van der Waals surface area contributed by atoms with Crippen molar-refractivity contribution >= 4 is 11.8 Å². The molecule has 0 aliphatic heterocycles. The molecular formula is C34H52N2O4. The van der Waals surface area contributed by atoms with Crippen LogP contribution in [0.25, 0.3) is 0 Å². The first-order valence-corrected chi connectivity index (χ1v) is 15.7. The van der Waals surface area contributed by atoms with Crippen molar-refractivity contribution in [3.63, 3.8) is 0 Å². The van der Waals surface area contributed by atoms with Crippen LogP contribution in [0.2, 0.25) is 0 Å². The van der Waals surface area contributed by atoms with E-state index >= 15 is 0 Å². The highest BCUT2D eigenvalue weighted by molar-refractivity contribution is 5.94. The summed E-state index contributed by atoms with van der Waals surface area (Å²) in [4.78, 5) is 24.8. The number of rotatable bonds is 23. The number of carbonyl (C=O) groups excluding carboxylic acids is 2. The maximum absolute atomic E-state index is 12.4. The van der Waals surface area contributed by atoms with Crippen LogP contribution in [0, 0.1) is 0 Å².